The Morgan fingerprint density at radius 3 is 2.47 bits per heavy atom. The summed E-state index contributed by atoms with van der Waals surface area (Å²) in [6, 6.07) is 0. The topological polar surface area (TPSA) is 88.5 Å². The van der Waals surface area contributed by atoms with Crippen LogP contribution in [0.5, 0.6) is 0 Å². The third-order valence-electron chi connectivity index (χ3n) is 10.5. The zero-order chi connectivity index (χ0) is 25.2. The van der Waals surface area contributed by atoms with Crippen LogP contribution >= 0.6 is 0 Å². The van der Waals surface area contributed by atoms with Crippen molar-refractivity contribution in [3.63, 3.8) is 0 Å². The molecule has 4 rings (SSSR count). The van der Waals surface area contributed by atoms with Gasteiger partial charge >= 0.3 is 5.97 Å². The molecular weight excluding hydrogens is 428 g/mol. The lowest BCUT2D eigenvalue weighted by atomic mass is 9.48. The number of ketones is 3. The van der Waals surface area contributed by atoms with Crippen LogP contribution in [-0.4, -0.2) is 28.4 Å². The number of carbonyl (C=O) groups excluding carboxylic acids is 3. The molecule has 0 spiro atoms. The molecule has 0 aromatic carbocycles. The monoisotopic (exact) mass is 468 g/mol. The average molecular weight is 469 g/mol. The van der Waals surface area contributed by atoms with Crippen molar-refractivity contribution >= 4 is 23.3 Å². The zero-order valence-corrected chi connectivity index (χ0v) is 21.4. The van der Waals surface area contributed by atoms with Crippen molar-refractivity contribution in [1.29, 1.82) is 0 Å². The molecule has 1 N–H and O–H groups in total. The fourth-order valence-corrected chi connectivity index (χ4v) is 8.25. The number of carboxylic acid groups (broad SMARTS) is 1. The fraction of sp³-hybridized carbons (Fsp3) is 0.724. The molecule has 8 atom stereocenters. The first-order valence-corrected chi connectivity index (χ1v) is 13.1. The summed E-state index contributed by atoms with van der Waals surface area (Å²) in [6.45, 7) is 14.2. The van der Waals surface area contributed by atoms with E-state index < -0.39 is 11.9 Å². The molecule has 0 saturated heterocycles. The maximum Gasteiger partial charge on any atom is 0.310 e. The average Bonchev–Trinajstić information content (AvgIpc) is 3.11. The second-order valence-corrected chi connectivity index (χ2v) is 12.3. The van der Waals surface area contributed by atoms with Crippen LogP contribution < -0.4 is 0 Å². The Labute approximate surface area is 203 Å². The Bertz CT molecular complexity index is 988. The van der Waals surface area contributed by atoms with Gasteiger partial charge in [0.1, 0.15) is 5.78 Å². The number of aliphatic carboxylic acids is 1. The fourth-order valence-electron chi connectivity index (χ4n) is 8.25. The first kappa shape index (κ1) is 25.1. The number of carbonyl (C=O) groups is 4. The Balaban J connectivity index is 1.61. The summed E-state index contributed by atoms with van der Waals surface area (Å²) in [5.74, 6) is -0.453. The van der Waals surface area contributed by atoms with E-state index in [1.165, 1.54) is 0 Å². The summed E-state index contributed by atoms with van der Waals surface area (Å²) in [5, 5.41) is 9.27. The van der Waals surface area contributed by atoms with Crippen molar-refractivity contribution in [3.05, 3.63) is 23.3 Å². The third kappa shape index (κ3) is 3.65. The van der Waals surface area contributed by atoms with Crippen LogP contribution in [0.4, 0.5) is 0 Å². The van der Waals surface area contributed by atoms with E-state index in [1.54, 1.807) is 6.92 Å². The normalized spacial score (nSPS) is 39.3. The third-order valence-corrected chi connectivity index (χ3v) is 10.5. The second-order valence-electron chi connectivity index (χ2n) is 12.3. The number of rotatable bonds is 6. The molecule has 4 aliphatic carbocycles. The quantitative estimate of drug-likeness (QED) is 0.514. The highest BCUT2D eigenvalue weighted by Crippen LogP contribution is 2.64. The van der Waals surface area contributed by atoms with Crippen LogP contribution in [0, 0.1) is 46.3 Å². The molecule has 0 aliphatic heterocycles. The van der Waals surface area contributed by atoms with Crippen molar-refractivity contribution in [1.82, 2.24) is 0 Å². The second kappa shape index (κ2) is 8.57. The predicted octanol–water partition coefficient (Wildman–Crippen LogP) is 5.58. The van der Waals surface area contributed by atoms with Crippen molar-refractivity contribution in [3.8, 4) is 0 Å². The molecule has 5 heteroatoms. The molecule has 0 bridgehead atoms. The summed E-state index contributed by atoms with van der Waals surface area (Å²) in [7, 11) is 0. The van der Waals surface area contributed by atoms with Gasteiger partial charge in [-0.15, -0.1) is 0 Å². The lowest BCUT2D eigenvalue weighted by Crippen LogP contribution is -2.53. The van der Waals surface area contributed by atoms with Gasteiger partial charge in [0, 0.05) is 41.7 Å². The lowest BCUT2D eigenvalue weighted by molar-refractivity contribution is -0.140. The number of Topliss-reactive ketones (excluding diaryl/α,β-unsaturated/α-hetero) is 3. The molecule has 0 heterocycles. The summed E-state index contributed by atoms with van der Waals surface area (Å²) in [5.41, 5.74) is 1.70. The number of carboxylic acids is 1. The minimum atomic E-state index is -0.843. The van der Waals surface area contributed by atoms with Crippen molar-refractivity contribution in [2.45, 2.75) is 86.0 Å². The Hall–Kier alpha value is -2.04. The van der Waals surface area contributed by atoms with Gasteiger partial charge in [-0.1, -0.05) is 39.8 Å². The van der Waals surface area contributed by atoms with Crippen molar-refractivity contribution < 1.29 is 24.3 Å². The summed E-state index contributed by atoms with van der Waals surface area (Å²) >= 11 is 0. The largest absolute Gasteiger partial charge is 0.481 e. The van der Waals surface area contributed by atoms with E-state index in [9.17, 15) is 24.3 Å². The molecule has 0 aromatic heterocycles. The molecule has 34 heavy (non-hydrogen) atoms. The maximum atomic E-state index is 13.8. The summed E-state index contributed by atoms with van der Waals surface area (Å²) in [6.07, 6.45) is 5.43. The minimum absolute atomic E-state index is 0.0633. The highest BCUT2D eigenvalue weighted by atomic mass is 16.4. The molecule has 0 amide bonds. The first-order chi connectivity index (χ1) is 15.8. The molecule has 5 nitrogen and oxygen atoms in total. The van der Waals surface area contributed by atoms with Crippen molar-refractivity contribution in [2.24, 2.45) is 46.3 Å². The van der Waals surface area contributed by atoms with Gasteiger partial charge in [0.05, 0.1) is 5.92 Å². The highest BCUT2D eigenvalue weighted by molar-refractivity contribution is 6.11. The standard InChI is InChI=1S/C29H40O5/c1-15(17(3)27(33)34)7-8-16(2)19-9-10-20-25-23(31)13-21-18(4)22(30)11-12-28(21,5)26(25)24(32)14-29(19,20)6/h16-21H,1,7-14H2,2-6H3,(H,33,34)/t16-,17+,18+,19-,20?,21?,28+,29-/m1/s1. The molecule has 4 aliphatic rings. The number of hydrogen-bond acceptors (Lipinski definition) is 4. The van der Waals surface area contributed by atoms with Gasteiger partial charge in [-0.3, -0.25) is 19.2 Å². The van der Waals surface area contributed by atoms with Gasteiger partial charge in [0.25, 0.3) is 0 Å². The van der Waals surface area contributed by atoms with Crippen LogP contribution in [0.2, 0.25) is 0 Å². The Morgan fingerprint density at radius 2 is 1.82 bits per heavy atom. The van der Waals surface area contributed by atoms with E-state index in [1.807, 2.05) is 6.92 Å². The van der Waals surface area contributed by atoms with Gasteiger partial charge in [0.15, 0.2) is 11.6 Å². The van der Waals surface area contributed by atoms with Crippen LogP contribution in [0.3, 0.4) is 0 Å². The molecule has 186 valence electrons. The minimum Gasteiger partial charge on any atom is -0.481 e. The van der Waals surface area contributed by atoms with Gasteiger partial charge < -0.3 is 5.11 Å². The molecule has 0 aromatic rings. The van der Waals surface area contributed by atoms with Crippen LogP contribution in [0.15, 0.2) is 23.3 Å². The van der Waals surface area contributed by atoms with E-state index in [2.05, 4.69) is 27.4 Å². The van der Waals surface area contributed by atoms with E-state index in [4.69, 9.17) is 0 Å². The van der Waals surface area contributed by atoms with E-state index >= 15 is 0 Å². The van der Waals surface area contributed by atoms with Gasteiger partial charge in [-0.05, 0) is 68.1 Å². The molecular formula is C29H40O5. The van der Waals surface area contributed by atoms with Crippen LogP contribution in [-0.2, 0) is 19.2 Å². The number of hydrogen-bond donors (Lipinski definition) is 1. The summed E-state index contributed by atoms with van der Waals surface area (Å²) in [4.78, 5) is 51.1. The lowest BCUT2D eigenvalue weighted by Gasteiger charge is -2.53. The summed E-state index contributed by atoms with van der Waals surface area (Å²) < 4.78 is 0. The predicted molar refractivity (Wildman–Crippen MR) is 130 cm³/mol. The van der Waals surface area contributed by atoms with E-state index in [0.29, 0.717) is 43.9 Å². The van der Waals surface area contributed by atoms with Gasteiger partial charge in [-0.25, -0.2) is 0 Å². The highest BCUT2D eigenvalue weighted by Gasteiger charge is 2.61. The Kier molecular flexibility index (Phi) is 6.31. The van der Waals surface area contributed by atoms with Crippen LogP contribution in [0.25, 0.3) is 0 Å². The van der Waals surface area contributed by atoms with E-state index in [-0.39, 0.29) is 45.9 Å². The Morgan fingerprint density at radius 1 is 1.15 bits per heavy atom. The molecule has 2 fully saturated rings. The zero-order valence-electron chi connectivity index (χ0n) is 21.4. The smallest absolute Gasteiger partial charge is 0.310 e. The van der Waals surface area contributed by atoms with Gasteiger partial charge in [0.2, 0.25) is 0 Å². The molecule has 2 unspecified atom stereocenters. The number of allylic oxidation sites excluding steroid dienone is 2. The number of fused-ring (bicyclic) bond motifs is 4. The molecule has 2 saturated carbocycles. The maximum absolute atomic E-state index is 13.8. The SMILES string of the molecule is C=C(CC[C@@H](C)[C@H]1CCC2C3=C(C(=O)C[C@@]21C)[C@@]1(C)CCC(=O)[C@@H](C)C1CC3=O)[C@H](C)C(=O)O. The van der Waals surface area contributed by atoms with Gasteiger partial charge in [-0.2, -0.15) is 0 Å². The molecule has 0 radical (unpaired) electrons. The first-order valence-electron chi connectivity index (χ1n) is 13.1. The van der Waals surface area contributed by atoms with E-state index in [0.717, 1.165) is 36.0 Å². The van der Waals surface area contributed by atoms with Crippen LogP contribution in [0.1, 0.15) is 86.0 Å². The van der Waals surface area contributed by atoms with Crippen molar-refractivity contribution in [2.75, 3.05) is 0 Å².